The molecule has 31 heavy (non-hydrogen) atoms. The molecule has 0 aliphatic rings. The molecule has 1 N–H and O–H groups in total. The minimum absolute atomic E-state index is 0.0794. The summed E-state index contributed by atoms with van der Waals surface area (Å²) >= 11 is 3.38. The molecule has 156 valence electrons. The lowest BCUT2D eigenvalue weighted by atomic mass is 10.3. The molecule has 0 aliphatic heterocycles. The Kier molecular flexibility index (Phi) is 7.20. The van der Waals surface area contributed by atoms with Crippen molar-refractivity contribution in [1.82, 2.24) is 4.98 Å². The van der Waals surface area contributed by atoms with Crippen LogP contribution in [0.5, 0.6) is 17.4 Å². The summed E-state index contributed by atoms with van der Waals surface area (Å²) in [6, 6.07) is 22.4. The standard InChI is InChI=1S/C24H20N2O3S2/c27-23(26-21-5-1-2-6-22(21)31-17-18-12-14-30-16-18)15-28-19-8-10-20(11-9-19)29-24-7-3-4-13-25-24/h1-14,16H,15,17H2,(H,26,27). The molecule has 0 spiro atoms. The van der Waals surface area contributed by atoms with E-state index in [1.54, 1.807) is 59.6 Å². The van der Waals surface area contributed by atoms with Crippen LogP contribution in [-0.4, -0.2) is 17.5 Å². The molecule has 0 radical (unpaired) electrons. The van der Waals surface area contributed by atoms with Crippen molar-refractivity contribution in [3.8, 4) is 17.4 Å². The quantitative estimate of drug-likeness (QED) is 0.307. The first-order chi connectivity index (χ1) is 15.3. The van der Waals surface area contributed by atoms with Gasteiger partial charge in [0.2, 0.25) is 5.88 Å². The number of benzene rings is 2. The summed E-state index contributed by atoms with van der Waals surface area (Å²) in [5.41, 5.74) is 2.06. The van der Waals surface area contributed by atoms with Crippen LogP contribution in [0.25, 0.3) is 0 Å². The van der Waals surface area contributed by atoms with Crippen molar-refractivity contribution in [1.29, 1.82) is 0 Å². The van der Waals surface area contributed by atoms with E-state index in [0.29, 0.717) is 17.4 Å². The summed E-state index contributed by atoms with van der Waals surface area (Å²) < 4.78 is 11.3. The lowest BCUT2D eigenvalue weighted by Gasteiger charge is -2.11. The Bertz CT molecular complexity index is 1100. The van der Waals surface area contributed by atoms with Gasteiger partial charge in [0.05, 0.1) is 5.69 Å². The average molecular weight is 449 g/mol. The summed E-state index contributed by atoms with van der Waals surface area (Å²) in [6.45, 7) is -0.0794. The number of amides is 1. The van der Waals surface area contributed by atoms with Gasteiger partial charge in [-0.3, -0.25) is 4.79 Å². The van der Waals surface area contributed by atoms with Gasteiger partial charge in [0.15, 0.2) is 6.61 Å². The second kappa shape index (κ2) is 10.7. The molecule has 0 aliphatic carbocycles. The number of pyridine rings is 1. The van der Waals surface area contributed by atoms with Gasteiger partial charge in [-0.1, -0.05) is 18.2 Å². The predicted molar refractivity (Wildman–Crippen MR) is 125 cm³/mol. The molecule has 2 aromatic carbocycles. The van der Waals surface area contributed by atoms with Gasteiger partial charge in [-0.2, -0.15) is 11.3 Å². The number of ether oxygens (including phenoxy) is 2. The van der Waals surface area contributed by atoms with Gasteiger partial charge in [-0.05, 0) is 64.9 Å². The van der Waals surface area contributed by atoms with E-state index in [4.69, 9.17) is 9.47 Å². The molecule has 0 bridgehead atoms. The van der Waals surface area contributed by atoms with E-state index < -0.39 is 0 Å². The Morgan fingerprint density at radius 1 is 0.968 bits per heavy atom. The van der Waals surface area contributed by atoms with E-state index in [2.05, 4.69) is 27.1 Å². The SMILES string of the molecule is O=C(COc1ccc(Oc2ccccn2)cc1)Nc1ccccc1SCc1ccsc1. The molecule has 1 amide bonds. The zero-order valence-electron chi connectivity index (χ0n) is 16.6. The van der Waals surface area contributed by atoms with Crippen LogP contribution in [0, 0.1) is 0 Å². The highest BCUT2D eigenvalue weighted by atomic mass is 32.2. The third-order valence-electron chi connectivity index (χ3n) is 4.19. The van der Waals surface area contributed by atoms with Crippen LogP contribution in [-0.2, 0) is 10.5 Å². The third-order valence-corrected chi connectivity index (χ3v) is 6.07. The molecule has 0 fully saturated rings. The highest BCUT2D eigenvalue weighted by molar-refractivity contribution is 7.98. The predicted octanol–water partition coefficient (Wildman–Crippen LogP) is 6.25. The fourth-order valence-corrected chi connectivity index (χ4v) is 4.42. The second-order valence-electron chi connectivity index (χ2n) is 6.49. The number of hydrogen-bond acceptors (Lipinski definition) is 6. The van der Waals surface area contributed by atoms with Crippen molar-refractivity contribution < 1.29 is 14.3 Å². The van der Waals surface area contributed by atoms with E-state index in [1.807, 2.05) is 36.4 Å². The first-order valence-electron chi connectivity index (χ1n) is 9.61. The van der Waals surface area contributed by atoms with Crippen LogP contribution in [0.4, 0.5) is 5.69 Å². The Morgan fingerprint density at radius 2 is 1.77 bits per heavy atom. The lowest BCUT2D eigenvalue weighted by Crippen LogP contribution is -2.20. The molecule has 4 rings (SSSR count). The Hall–Kier alpha value is -3.29. The molecule has 5 nitrogen and oxygen atoms in total. The van der Waals surface area contributed by atoms with Crippen LogP contribution in [0.15, 0.2) is 94.6 Å². The van der Waals surface area contributed by atoms with Crippen molar-refractivity contribution in [2.75, 3.05) is 11.9 Å². The normalized spacial score (nSPS) is 10.5. The Labute approximate surface area is 189 Å². The maximum atomic E-state index is 12.4. The highest BCUT2D eigenvalue weighted by Crippen LogP contribution is 2.30. The third kappa shape index (κ3) is 6.34. The van der Waals surface area contributed by atoms with Gasteiger partial charge in [0.25, 0.3) is 5.91 Å². The lowest BCUT2D eigenvalue weighted by molar-refractivity contribution is -0.118. The molecule has 0 saturated heterocycles. The monoisotopic (exact) mass is 448 g/mol. The fraction of sp³-hybridized carbons (Fsp3) is 0.0833. The number of carbonyl (C=O) groups excluding carboxylic acids is 1. The number of nitrogens with zero attached hydrogens (tertiary/aromatic N) is 1. The number of nitrogens with one attached hydrogen (secondary N) is 1. The first-order valence-corrected chi connectivity index (χ1v) is 11.5. The average Bonchev–Trinajstić information content (AvgIpc) is 3.32. The number of rotatable bonds is 9. The van der Waals surface area contributed by atoms with E-state index in [0.717, 1.165) is 16.3 Å². The number of anilines is 1. The summed E-state index contributed by atoms with van der Waals surface area (Å²) in [4.78, 5) is 17.6. The van der Waals surface area contributed by atoms with Crippen LogP contribution in [0.3, 0.4) is 0 Å². The number of thioether (sulfide) groups is 1. The van der Waals surface area contributed by atoms with Gasteiger partial charge in [-0.15, -0.1) is 11.8 Å². The molecule has 0 unspecified atom stereocenters. The van der Waals surface area contributed by atoms with Crippen LogP contribution < -0.4 is 14.8 Å². The van der Waals surface area contributed by atoms with Crippen LogP contribution in [0.1, 0.15) is 5.56 Å². The first kappa shape index (κ1) is 21.0. The molecular formula is C24H20N2O3S2. The summed E-state index contributed by atoms with van der Waals surface area (Å²) in [5, 5.41) is 7.14. The molecule has 7 heteroatoms. The zero-order valence-corrected chi connectivity index (χ0v) is 18.2. The van der Waals surface area contributed by atoms with Gasteiger partial charge >= 0.3 is 0 Å². The van der Waals surface area contributed by atoms with Crippen LogP contribution in [0.2, 0.25) is 0 Å². The molecule has 2 heterocycles. The topological polar surface area (TPSA) is 60.5 Å². The van der Waals surface area contributed by atoms with Crippen molar-refractivity contribution in [3.05, 3.63) is 95.3 Å². The van der Waals surface area contributed by atoms with Gasteiger partial charge in [0.1, 0.15) is 11.5 Å². The van der Waals surface area contributed by atoms with Gasteiger partial charge < -0.3 is 14.8 Å². The molecule has 4 aromatic rings. The maximum Gasteiger partial charge on any atom is 0.262 e. The number of thiophene rings is 1. The minimum atomic E-state index is -0.211. The largest absolute Gasteiger partial charge is 0.484 e. The smallest absolute Gasteiger partial charge is 0.262 e. The van der Waals surface area contributed by atoms with E-state index in [-0.39, 0.29) is 12.5 Å². The van der Waals surface area contributed by atoms with E-state index >= 15 is 0 Å². The Balaban J connectivity index is 1.28. The summed E-state index contributed by atoms with van der Waals surface area (Å²) in [6.07, 6.45) is 1.67. The Morgan fingerprint density at radius 3 is 2.55 bits per heavy atom. The molecule has 2 aromatic heterocycles. The zero-order chi connectivity index (χ0) is 21.3. The van der Waals surface area contributed by atoms with Crippen molar-refractivity contribution in [2.24, 2.45) is 0 Å². The highest BCUT2D eigenvalue weighted by Gasteiger charge is 2.09. The van der Waals surface area contributed by atoms with Gasteiger partial charge in [0, 0.05) is 22.9 Å². The van der Waals surface area contributed by atoms with Crippen molar-refractivity contribution in [3.63, 3.8) is 0 Å². The van der Waals surface area contributed by atoms with E-state index in [1.165, 1.54) is 5.56 Å². The van der Waals surface area contributed by atoms with Crippen molar-refractivity contribution in [2.45, 2.75) is 10.6 Å². The number of hydrogen-bond donors (Lipinski definition) is 1. The van der Waals surface area contributed by atoms with E-state index in [9.17, 15) is 4.79 Å². The minimum Gasteiger partial charge on any atom is -0.484 e. The molecular weight excluding hydrogens is 428 g/mol. The molecule has 0 atom stereocenters. The van der Waals surface area contributed by atoms with Crippen molar-refractivity contribution >= 4 is 34.7 Å². The number of para-hydroxylation sites is 1. The number of aromatic nitrogens is 1. The van der Waals surface area contributed by atoms with Gasteiger partial charge in [-0.25, -0.2) is 4.98 Å². The summed E-state index contributed by atoms with van der Waals surface area (Å²) in [5.74, 6) is 2.40. The summed E-state index contributed by atoms with van der Waals surface area (Å²) in [7, 11) is 0. The fourth-order valence-electron chi connectivity index (χ4n) is 2.70. The second-order valence-corrected chi connectivity index (χ2v) is 8.29. The molecule has 0 saturated carbocycles. The maximum absolute atomic E-state index is 12.4. The number of carbonyl (C=O) groups is 1. The van der Waals surface area contributed by atoms with Crippen LogP contribution >= 0.6 is 23.1 Å².